The van der Waals surface area contributed by atoms with Crippen molar-refractivity contribution in [2.45, 2.75) is 20.1 Å². The molecule has 3 rings (SSSR count). The molecule has 2 heteroatoms. The number of hydrogen-bond donors (Lipinski definition) is 0. The van der Waals surface area contributed by atoms with Crippen molar-refractivity contribution in [3.63, 3.8) is 0 Å². The van der Waals surface area contributed by atoms with Gasteiger partial charge < -0.3 is 9.47 Å². The standard InChI is InChI=1S/C16H18O2/c1-11-3-4-14-8-15(6-5-13(14)7-11)16-17-9-12(2)10-18-16/h3-8,12,16H,9-10H2,1-2H3. The van der Waals surface area contributed by atoms with Gasteiger partial charge in [0.1, 0.15) is 0 Å². The van der Waals surface area contributed by atoms with E-state index in [0.717, 1.165) is 18.8 Å². The van der Waals surface area contributed by atoms with E-state index in [0.29, 0.717) is 5.92 Å². The van der Waals surface area contributed by atoms with Gasteiger partial charge >= 0.3 is 0 Å². The lowest BCUT2D eigenvalue weighted by atomic mass is 10.0. The Morgan fingerprint density at radius 3 is 2.39 bits per heavy atom. The second kappa shape index (κ2) is 4.71. The van der Waals surface area contributed by atoms with Crippen molar-refractivity contribution >= 4 is 10.8 Å². The van der Waals surface area contributed by atoms with Gasteiger partial charge in [0.05, 0.1) is 13.2 Å². The minimum absolute atomic E-state index is 0.202. The molecule has 18 heavy (non-hydrogen) atoms. The summed E-state index contributed by atoms with van der Waals surface area (Å²) in [4.78, 5) is 0. The van der Waals surface area contributed by atoms with Crippen LogP contribution in [0.2, 0.25) is 0 Å². The number of rotatable bonds is 1. The number of fused-ring (bicyclic) bond motifs is 1. The summed E-state index contributed by atoms with van der Waals surface area (Å²) < 4.78 is 11.5. The van der Waals surface area contributed by atoms with E-state index in [1.54, 1.807) is 0 Å². The molecule has 1 heterocycles. The van der Waals surface area contributed by atoms with Crippen LogP contribution >= 0.6 is 0 Å². The van der Waals surface area contributed by atoms with E-state index >= 15 is 0 Å². The van der Waals surface area contributed by atoms with Crippen LogP contribution in [0.15, 0.2) is 36.4 Å². The van der Waals surface area contributed by atoms with Gasteiger partial charge in [-0.15, -0.1) is 0 Å². The first kappa shape index (κ1) is 11.7. The lowest BCUT2D eigenvalue weighted by molar-refractivity contribution is -0.202. The van der Waals surface area contributed by atoms with Gasteiger partial charge in [-0.1, -0.05) is 42.8 Å². The lowest BCUT2D eigenvalue weighted by Crippen LogP contribution is -2.24. The molecular formula is C16H18O2. The van der Waals surface area contributed by atoms with Gasteiger partial charge in [-0.2, -0.15) is 0 Å². The predicted molar refractivity (Wildman–Crippen MR) is 72.5 cm³/mol. The van der Waals surface area contributed by atoms with E-state index < -0.39 is 0 Å². The maximum absolute atomic E-state index is 5.73. The van der Waals surface area contributed by atoms with Crippen LogP contribution in [0.5, 0.6) is 0 Å². The molecule has 94 valence electrons. The molecule has 1 aliphatic rings. The number of ether oxygens (including phenoxy) is 2. The summed E-state index contributed by atoms with van der Waals surface area (Å²) >= 11 is 0. The minimum Gasteiger partial charge on any atom is -0.348 e. The summed E-state index contributed by atoms with van der Waals surface area (Å²) in [5.41, 5.74) is 2.40. The van der Waals surface area contributed by atoms with Crippen LogP contribution < -0.4 is 0 Å². The van der Waals surface area contributed by atoms with Gasteiger partial charge in [0, 0.05) is 11.5 Å². The minimum atomic E-state index is -0.202. The summed E-state index contributed by atoms with van der Waals surface area (Å²) in [5.74, 6) is 0.490. The molecule has 0 saturated carbocycles. The highest BCUT2D eigenvalue weighted by atomic mass is 16.7. The molecule has 2 aromatic rings. The van der Waals surface area contributed by atoms with E-state index in [9.17, 15) is 0 Å². The molecule has 0 unspecified atom stereocenters. The lowest BCUT2D eigenvalue weighted by Gasteiger charge is -2.27. The van der Waals surface area contributed by atoms with Crippen molar-refractivity contribution in [2.75, 3.05) is 13.2 Å². The van der Waals surface area contributed by atoms with Crippen molar-refractivity contribution < 1.29 is 9.47 Å². The van der Waals surface area contributed by atoms with Crippen LogP contribution in [0.3, 0.4) is 0 Å². The summed E-state index contributed by atoms with van der Waals surface area (Å²) in [6.07, 6.45) is -0.202. The predicted octanol–water partition coefficient (Wildman–Crippen LogP) is 3.83. The number of aryl methyl sites for hydroxylation is 1. The van der Waals surface area contributed by atoms with Crippen LogP contribution in [-0.2, 0) is 9.47 Å². The SMILES string of the molecule is Cc1ccc2cc(C3OCC(C)CO3)ccc2c1. The fourth-order valence-corrected chi connectivity index (χ4v) is 2.32. The Morgan fingerprint density at radius 1 is 0.944 bits per heavy atom. The van der Waals surface area contributed by atoms with Gasteiger partial charge in [-0.05, 0) is 23.8 Å². The summed E-state index contributed by atoms with van der Waals surface area (Å²) in [5, 5.41) is 2.51. The molecular weight excluding hydrogens is 224 g/mol. The summed E-state index contributed by atoms with van der Waals surface area (Å²) in [7, 11) is 0. The second-order valence-corrected chi connectivity index (χ2v) is 5.21. The van der Waals surface area contributed by atoms with Gasteiger partial charge in [0.2, 0.25) is 0 Å². The zero-order chi connectivity index (χ0) is 12.5. The average Bonchev–Trinajstić information content (AvgIpc) is 2.39. The zero-order valence-electron chi connectivity index (χ0n) is 10.8. The molecule has 0 aliphatic carbocycles. The quantitative estimate of drug-likeness (QED) is 0.756. The van der Waals surface area contributed by atoms with Gasteiger partial charge in [-0.25, -0.2) is 0 Å². The third-order valence-electron chi connectivity index (χ3n) is 3.36. The molecule has 1 aliphatic heterocycles. The highest BCUT2D eigenvalue weighted by molar-refractivity contribution is 5.83. The highest BCUT2D eigenvalue weighted by Crippen LogP contribution is 2.27. The maximum atomic E-state index is 5.73. The topological polar surface area (TPSA) is 18.5 Å². The molecule has 0 aromatic heterocycles. The highest BCUT2D eigenvalue weighted by Gasteiger charge is 2.20. The smallest absolute Gasteiger partial charge is 0.183 e. The van der Waals surface area contributed by atoms with Crippen molar-refractivity contribution in [1.82, 2.24) is 0 Å². The van der Waals surface area contributed by atoms with Crippen LogP contribution in [0.4, 0.5) is 0 Å². The third kappa shape index (κ3) is 2.26. The number of benzene rings is 2. The van der Waals surface area contributed by atoms with Crippen molar-refractivity contribution in [2.24, 2.45) is 5.92 Å². The molecule has 0 radical (unpaired) electrons. The molecule has 1 fully saturated rings. The Kier molecular flexibility index (Phi) is 3.06. The van der Waals surface area contributed by atoms with Gasteiger partial charge in [0.25, 0.3) is 0 Å². The summed E-state index contributed by atoms with van der Waals surface area (Å²) in [6, 6.07) is 12.9. The fourth-order valence-electron chi connectivity index (χ4n) is 2.32. The molecule has 0 bridgehead atoms. The molecule has 1 saturated heterocycles. The van der Waals surface area contributed by atoms with Crippen molar-refractivity contribution in [3.05, 3.63) is 47.5 Å². The van der Waals surface area contributed by atoms with Gasteiger partial charge in [0.15, 0.2) is 6.29 Å². The maximum Gasteiger partial charge on any atom is 0.183 e. The molecule has 2 nitrogen and oxygen atoms in total. The van der Waals surface area contributed by atoms with E-state index in [2.05, 4.69) is 50.2 Å². The van der Waals surface area contributed by atoms with Crippen LogP contribution in [0.1, 0.15) is 24.3 Å². The van der Waals surface area contributed by atoms with Crippen LogP contribution in [0.25, 0.3) is 10.8 Å². The Bertz CT molecular complexity index is 554. The second-order valence-electron chi connectivity index (χ2n) is 5.21. The Morgan fingerprint density at radius 2 is 1.61 bits per heavy atom. The van der Waals surface area contributed by atoms with Crippen LogP contribution in [0, 0.1) is 12.8 Å². The first-order chi connectivity index (χ1) is 8.72. The van der Waals surface area contributed by atoms with E-state index in [-0.39, 0.29) is 6.29 Å². The number of hydrogen-bond acceptors (Lipinski definition) is 2. The largest absolute Gasteiger partial charge is 0.348 e. The van der Waals surface area contributed by atoms with Crippen molar-refractivity contribution in [1.29, 1.82) is 0 Å². The molecule has 0 atom stereocenters. The molecule has 0 spiro atoms. The Balaban J connectivity index is 1.91. The van der Waals surface area contributed by atoms with E-state index in [4.69, 9.17) is 9.47 Å². The zero-order valence-corrected chi connectivity index (χ0v) is 10.8. The Hall–Kier alpha value is -1.38. The van der Waals surface area contributed by atoms with E-state index in [1.807, 2.05) is 0 Å². The fraction of sp³-hybridized carbons (Fsp3) is 0.375. The third-order valence-corrected chi connectivity index (χ3v) is 3.36. The molecule has 0 N–H and O–H groups in total. The Labute approximate surface area is 108 Å². The van der Waals surface area contributed by atoms with E-state index in [1.165, 1.54) is 16.3 Å². The normalized spacial score (nSPS) is 24.3. The first-order valence-electron chi connectivity index (χ1n) is 6.46. The summed E-state index contributed by atoms with van der Waals surface area (Å²) in [6.45, 7) is 5.80. The van der Waals surface area contributed by atoms with Crippen LogP contribution in [-0.4, -0.2) is 13.2 Å². The van der Waals surface area contributed by atoms with Crippen molar-refractivity contribution in [3.8, 4) is 0 Å². The first-order valence-corrected chi connectivity index (χ1v) is 6.46. The molecule has 2 aromatic carbocycles. The van der Waals surface area contributed by atoms with Gasteiger partial charge in [-0.3, -0.25) is 0 Å². The average molecular weight is 242 g/mol. The monoisotopic (exact) mass is 242 g/mol. The molecule has 0 amide bonds.